The quantitative estimate of drug-likeness (QED) is 0.786. The molecule has 1 aliphatic heterocycles. The summed E-state index contributed by atoms with van der Waals surface area (Å²) < 4.78 is 0. The van der Waals surface area contributed by atoms with Crippen LogP contribution in [-0.4, -0.2) is 12.1 Å². The van der Waals surface area contributed by atoms with Gasteiger partial charge in [-0.05, 0) is 17.7 Å². The second-order valence-corrected chi connectivity index (χ2v) is 3.23. The summed E-state index contributed by atoms with van der Waals surface area (Å²) in [6.45, 7) is 0. The number of nitrogens with two attached hydrogens (primary N) is 1. The number of hydrogen-bond acceptors (Lipinski definition) is 3. The first-order chi connectivity index (χ1) is 7.25. The van der Waals surface area contributed by atoms with Crippen molar-refractivity contribution in [2.24, 2.45) is 10.9 Å². The van der Waals surface area contributed by atoms with Crippen molar-refractivity contribution in [3.8, 4) is 5.75 Å². The number of primary amides is 1. The molecule has 2 N–H and O–H groups in total. The molecule has 4 nitrogen and oxygen atoms in total. The fourth-order valence-electron chi connectivity index (χ4n) is 1.37. The summed E-state index contributed by atoms with van der Waals surface area (Å²) >= 11 is 0. The molecule has 1 aromatic rings. The zero-order chi connectivity index (χ0) is 10.7. The smallest absolute Gasteiger partial charge is 0.221 e. The van der Waals surface area contributed by atoms with Crippen LogP contribution in [0.25, 0.3) is 6.08 Å². The van der Waals surface area contributed by atoms with E-state index >= 15 is 0 Å². The van der Waals surface area contributed by atoms with Crippen LogP contribution in [0, 0.1) is 0 Å². The maximum Gasteiger partial charge on any atom is 0.221 e. The van der Waals surface area contributed by atoms with Gasteiger partial charge in [0.05, 0.1) is 12.6 Å². The topological polar surface area (TPSA) is 64.7 Å². The highest BCUT2D eigenvalue weighted by Gasteiger charge is 2.07. The lowest BCUT2D eigenvalue weighted by Crippen LogP contribution is -2.11. The van der Waals surface area contributed by atoms with Crippen LogP contribution in [0.15, 0.2) is 35.0 Å². The third kappa shape index (κ3) is 2.22. The molecule has 0 saturated heterocycles. The van der Waals surface area contributed by atoms with Crippen molar-refractivity contribution in [3.05, 3.63) is 35.4 Å². The first-order valence-corrected chi connectivity index (χ1v) is 4.54. The van der Waals surface area contributed by atoms with Crippen molar-refractivity contribution in [1.29, 1.82) is 0 Å². The van der Waals surface area contributed by atoms with Crippen LogP contribution in [0.4, 0.5) is 0 Å². The number of fused-ring (bicyclic) bond motifs is 1. The molecule has 0 radical (unpaired) electrons. The monoisotopic (exact) mass is 202 g/mol. The third-order valence-corrected chi connectivity index (χ3v) is 2.01. The molecule has 0 atom stereocenters. The molecule has 1 heterocycles. The van der Waals surface area contributed by atoms with Crippen LogP contribution in [0.2, 0.25) is 0 Å². The zero-order valence-electron chi connectivity index (χ0n) is 8.01. The lowest BCUT2D eigenvalue weighted by atomic mass is 10.1. The number of amides is 1. The Morgan fingerprint density at radius 3 is 3.00 bits per heavy atom. The molecular formula is C11H10N2O2. The van der Waals surface area contributed by atoms with Crippen LogP contribution in [0.5, 0.6) is 5.75 Å². The Balaban J connectivity index is 2.35. The largest absolute Gasteiger partial charge is 0.369 e. The molecule has 4 heteroatoms. The molecule has 0 unspecified atom stereocenters. The van der Waals surface area contributed by atoms with Gasteiger partial charge in [-0.1, -0.05) is 23.4 Å². The summed E-state index contributed by atoms with van der Waals surface area (Å²) in [6, 6.07) is 7.47. The van der Waals surface area contributed by atoms with E-state index in [1.807, 2.05) is 30.3 Å². The lowest BCUT2D eigenvalue weighted by Gasteiger charge is -1.99. The molecule has 1 aliphatic rings. The Morgan fingerprint density at radius 2 is 2.20 bits per heavy atom. The van der Waals surface area contributed by atoms with Crippen molar-refractivity contribution in [2.45, 2.75) is 6.42 Å². The van der Waals surface area contributed by atoms with Crippen LogP contribution >= 0.6 is 0 Å². The van der Waals surface area contributed by atoms with Gasteiger partial charge in [0.2, 0.25) is 5.91 Å². The Hall–Kier alpha value is -2.10. The highest BCUT2D eigenvalue weighted by atomic mass is 16.6. The first kappa shape index (κ1) is 9.45. The van der Waals surface area contributed by atoms with Gasteiger partial charge in [0, 0.05) is 5.56 Å². The normalized spacial score (nSPS) is 13.5. The van der Waals surface area contributed by atoms with Crippen LogP contribution in [0.1, 0.15) is 12.0 Å². The van der Waals surface area contributed by atoms with Gasteiger partial charge in [-0.2, -0.15) is 0 Å². The van der Waals surface area contributed by atoms with E-state index in [9.17, 15) is 4.79 Å². The van der Waals surface area contributed by atoms with Gasteiger partial charge >= 0.3 is 0 Å². The van der Waals surface area contributed by atoms with Gasteiger partial charge in [0.1, 0.15) is 0 Å². The summed E-state index contributed by atoms with van der Waals surface area (Å²) in [6.07, 6.45) is 3.52. The molecule has 0 spiro atoms. The molecule has 0 fully saturated rings. The zero-order valence-corrected chi connectivity index (χ0v) is 8.01. The Kier molecular flexibility index (Phi) is 2.49. The molecule has 2 rings (SSSR count). The first-order valence-electron chi connectivity index (χ1n) is 4.54. The molecule has 0 bridgehead atoms. The van der Waals surface area contributed by atoms with E-state index in [0.717, 1.165) is 11.1 Å². The highest BCUT2D eigenvalue weighted by Crippen LogP contribution is 2.23. The van der Waals surface area contributed by atoms with E-state index in [0.29, 0.717) is 5.75 Å². The average Bonchev–Trinajstić information content (AvgIpc) is 2.38. The van der Waals surface area contributed by atoms with E-state index in [1.165, 1.54) is 6.21 Å². The SMILES string of the molecule is NC(=O)CC1=Cc2ccccc2ON=C1. The average molecular weight is 202 g/mol. The van der Waals surface area contributed by atoms with Crippen molar-refractivity contribution >= 4 is 18.2 Å². The minimum atomic E-state index is -0.382. The van der Waals surface area contributed by atoms with Crippen LogP contribution < -0.4 is 10.6 Å². The predicted molar refractivity (Wildman–Crippen MR) is 57.4 cm³/mol. The van der Waals surface area contributed by atoms with Gasteiger partial charge < -0.3 is 10.6 Å². The minimum Gasteiger partial charge on any atom is -0.369 e. The summed E-state index contributed by atoms with van der Waals surface area (Å²) in [5, 5.41) is 3.75. The van der Waals surface area contributed by atoms with Crippen molar-refractivity contribution in [1.82, 2.24) is 0 Å². The van der Waals surface area contributed by atoms with E-state index in [1.54, 1.807) is 0 Å². The molecule has 1 amide bonds. The minimum absolute atomic E-state index is 0.168. The Bertz CT molecular complexity index is 450. The number of benzene rings is 1. The Morgan fingerprint density at radius 1 is 1.40 bits per heavy atom. The molecule has 1 aromatic carbocycles. The fraction of sp³-hybridized carbons (Fsp3) is 0.0909. The van der Waals surface area contributed by atoms with Crippen LogP contribution in [0.3, 0.4) is 0 Å². The summed E-state index contributed by atoms with van der Waals surface area (Å²) in [7, 11) is 0. The molecule has 0 aromatic heterocycles. The van der Waals surface area contributed by atoms with Gasteiger partial charge in [-0.25, -0.2) is 0 Å². The molecule has 0 aliphatic carbocycles. The summed E-state index contributed by atoms with van der Waals surface area (Å²) in [5.74, 6) is 0.292. The molecular weight excluding hydrogens is 192 g/mol. The third-order valence-electron chi connectivity index (χ3n) is 2.01. The van der Waals surface area contributed by atoms with Gasteiger partial charge in [0.25, 0.3) is 0 Å². The second kappa shape index (κ2) is 3.96. The van der Waals surface area contributed by atoms with Gasteiger partial charge in [-0.3, -0.25) is 4.79 Å². The van der Waals surface area contributed by atoms with Crippen LogP contribution in [-0.2, 0) is 4.79 Å². The number of rotatable bonds is 2. The van der Waals surface area contributed by atoms with Gasteiger partial charge in [0.15, 0.2) is 5.75 Å². The number of carbonyl (C=O) groups is 1. The van der Waals surface area contributed by atoms with E-state index in [-0.39, 0.29) is 12.3 Å². The fourth-order valence-corrected chi connectivity index (χ4v) is 1.37. The number of hydrogen-bond donors (Lipinski definition) is 1. The number of para-hydroxylation sites is 1. The molecule has 15 heavy (non-hydrogen) atoms. The maximum atomic E-state index is 10.8. The van der Waals surface area contributed by atoms with E-state index < -0.39 is 0 Å². The predicted octanol–water partition coefficient (Wildman–Crippen LogP) is 1.32. The van der Waals surface area contributed by atoms with Gasteiger partial charge in [-0.15, -0.1) is 0 Å². The van der Waals surface area contributed by atoms with Crippen molar-refractivity contribution in [2.75, 3.05) is 0 Å². The maximum absolute atomic E-state index is 10.8. The van der Waals surface area contributed by atoms with Crippen molar-refractivity contribution in [3.63, 3.8) is 0 Å². The summed E-state index contributed by atoms with van der Waals surface area (Å²) in [5.41, 5.74) is 6.75. The second-order valence-electron chi connectivity index (χ2n) is 3.23. The molecule has 76 valence electrons. The number of carbonyl (C=O) groups excluding carboxylic acids is 1. The standard InChI is InChI=1S/C11H10N2O2/c12-11(14)6-8-5-9-3-1-2-4-10(9)15-13-7-8/h1-5,7H,6H2,(H2,12,14). The highest BCUT2D eigenvalue weighted by molar-refractivity contribution is 5.93. The molecule has 0 saturated carbocycles. The lowest BCUT2D eigenvalue weighted by molar-refractivity contribution is -0.117. The van der Waals surface area contributed by atoms with E-state index in [4.69, 9.17) is 10.6 Å². The number of nitrogens with zero attached hydrogens (tertiary/aromatic N) is 1. The van der Waals surface area contributed by atoms with E-state index in [2.05, 4.69) is 5.16 Å². The number of oxime groups is 1. The summed E-state index contributed by atoms with van der Waals surface area (Å²) in [4.78, 5) is 15.9. The Labute approximate surface area is 87.0 Å². The van der Waals surface area contributed by atoms with Crippen molar-refractivity contribution < 1.29 is 9.63 Å².